The van der Waals surface area contributed by atoms with E-state index in [-0.39, 0.29) is 0 Å². The SMILES string of the molecule is C=C/C=C\C1=C(c2ccccc2N)CCC=C1. The monoisotopic (exact) mass is 223 g/mol. The first-order chi connectivity index (χ1) is 8.33. The minimum absolute atomic E-state index is 0.849. The molecule has 0 saturated carbocycles. The lowest BCUT2D eigenvalue weighted by Gasteiger charge is -2.15. The molecule has 2 N–H and O–H groups in total. The van der Waals surface area contributed by atoms with E-state index in [1.807, 2.05) is 24.3 Å². The Bertz CT molecular complexity index is 504. The fraction of sp³-hybridized carbons (Fsp3) is 0.125. The predicted octanol–water partition coefficient (Wildman–Crippen LogP) is 4.11. The van der Waals surface area contributed by atoms with E-state index in [2.05, 4.69) is 30.9 Å². The van der Waals surface area contributed by atoms with Gasteiger partial charge in [-0.25, -0.2) is 0 Å². The molecular weight excluding hydrogens is 206 g/mol. The van der Waals surface area contributed by atoms with E-state index in [0.29, 0.717) is 0 Å². The topological polar surface area (TPSA) is 26.0 Å². The lowest BCUT2D eigenvalue weighted by molar-refractivity contribution is 1.04. The van der Waals surface area contributed by atoms with Crippen molar-refractivity contribution in [3.05, 3.63) is 72.4 Å². The van der Waals surface area contributed by atoms with Gasteiger partial charge in [0, 0.05) is 11.3 Å². The number of allylic oxidation sites excluding steroid dienone is 7. The van der Waals surface area contributed by atoms with Crippen LogP contribution in [0.5, 0.6) is 0 Å². The van der Waals surface area contributed by atoms with Gasteiger partial charge in [0.1, 0.15) is 0 Å². The van der Waals surface area contributed by atoms with Crippen LogP contribution < -0.4 is 5.73 Å². The Hall–Kier alpha value is -2.02. The normalized spacial score (nSPS) is 15.5. The Labute approximate surface area is 103 Å². The lowest BCUT2D eigenvalue weighted by Crippen LogP contribution is -1.98. The average molecular weight is 223 g/mol. The molecule has 0 heterocycles. The molecule has 0 radical (unpaired) electrons. The number of hydrogen-bond acceptors (Lipinski definition) is 1. The highest BCUT2D eigenvalue weighted by atomic mass is 14.6. The number of nitrogens with two attached hydrogens (primary N) is 1. The van der Waals surface area contributed by atoms with Crippen LogP contribution in [0.2, 0.25) is 0 Å². The van der Waals surface area contributed by atoms with Crippen molar-refractivity contribution in [1.29, 1.82) is 0 Å². The lowest BCUT2D eigenvalue weighted by atomic mass is 9.90. The minimum atomic E-state index is 0.849. The van der Waals surface area contributed by atoms with E-state index in [1.54, 1.807) is 6.08 Å². The number of nitrogen functional groups attached to an aromatic ring is 1. The Balaban J connectivity index is 2.49. The van der Waals surface area contributed by atoms with Gasteiger partial charge in [0.05, 0.1) is 0 Å². The van der Waals surface area contributed by atoms with E-state index >= 15 is 0 Å². The predicted molar refractivity (Wildman–Crippen MR) is 75.5 cm³/mol. The molecule has 1 aliphatic rings. The van der Waals surface area contributed by atoms with Crippen LogP contribution in [0, 0.1) is 0 Å². The smallest absolute Gasteiger partial charge is 0.0390 e. The summed E-state index contributed by atoms with van der Waals surface area (Å²) in [6, 6.07) is 8.05. The molecular formula is C16H17N. The van der Waals surface area contributed by atoms with Crippen molar-refractivity contribution in [3.8, 4) is 0 Å². The molecule has 1 nitrogen and oxygen atoms in total. The maximum Gasteiger partial charge on any atom is 0.0390 e. The number of anilines is 1. The maximum absolute atomic E-state index is 6.04. The Morgan fingerprint density at radius 1 is 1.24 bits per heavy atom. The summed E-state index contributed by atoms with van der Waals surface area (Å²) in [5.41, 5.74) is 10.6. The highest BCUT2D eigenvalue weighted by molar-refractivity contribution is 5.81. The van der Waals surface area contributed by atoms with E-state index in [1.165, 1.54) is 11.1 Å². The zero-order valence-corrected chi connectivity index (χ0v) is 9.89. The summed E-state index contributed by atoms with van der Waals surface area (Å²) in [5.74, 6) is 0. The highest BCUT2D eigenvalue weighted by Gasteiger charge is 2.10. The van der Waals surface area contributed by atoms with Crippen molar-refractivity contribution in [3.63, 3.8) is 0 Å². The maximum atomic E-state index is 6.04. The second kappa shape index (κ2) is 5.35. The molecule has 0 unspecified atom stereocenters. The van der Waals surface area contributed by atoms with Crippen LogP contribution in [0.15, 0.2) is 66.8 Å². The molecule has 0 spiro atoms. The van der Waals surface area contributed by atoms with Crippen molar-refractivity contribution >= 4 is 11.3 Å². The van der Waals surface area contributed by atoms with Crippen LogP contribution in [-0.2, 0) is 0 Å². The molecule has 0 aliphatic heterocycles. The molecule has 1 aliphatic carbocycles. The summed E-state index contributed by atoms with van der Waals surface area (Å²) < 4.78 is 0. The van der Waals surface area contributed by atoms with Gasteiger partial charge in [-0.3, -0.25) is 0 Å². The van der Waals surface area contributed by atoms with E-state index in [9.17, 15) is 0 Å². The summed E-state index contributed by atoms with van der Waals surface area (Å²) in [5, 5.41) is 0. The first kappa shape index (κ1) is 11.5. The molecule has 17 heavy (non-hydrogen) atoms. The van der Waals surface area contributed by atoms with Gasteiger partial charge in [0.15, 0.2) is 0 Å². The van der Waals surface area contributed by atoms with Crippen molar-refractivity contribution in [1.82, 2.24) is 0 Å². The van der Waals surface area contributed by atoms with Gasteiger partial charge < -0.3 is 5.73 Å². The molecule has 2 rings (SSSR count). The van der Waals surface area contributed by atoms with Gasteiger partial charge in [-0.15, -0.1) is 0 Å². The second-order valence-corrected chi connectivity index (χ2v) is 4.06. The molecule has 1 aromatic carbocycles. The van der Waals surface area contributed by atoms with Gasteiger partial charge in [0.2, 0.25) is 0 Å². The zero-order chi connectivity index (χ0) is 12.1. The third-order valence-electron chi connectivity index (χ3n) is 2.90. The summed E-state index contributed by atoms with van der Waals surface area (Å²) in [6.45, 7) is 3.70. The largest absolute Gasteiger partial charge is 0.398 e. The Morgan fingerprint density at radius 3 is 2.82 bits per heavy atom. The number of benzene rings is 1. The summed E-state index contributed by atoms with van der Waals surface area (Å²) in [7, 11) is 0. The van der Waals surface area contributed by atoms with Crippen LogP contribution in [0.25, 0.3) is 5.57 Å². The quantitative estimate of drug-likeness (QED) is 0.605. The molecule has 0 fully saturated rings. The zero-order valence-electron chi connectivity index (χ0n) is 9.89. The standard InChI is InChI=1S/C16H17N/c1-2-3-8-13-9-4-5-10-14(13)15-11-6-7-12-16(15)17/h2-4,6-9,11-12H,1,5,10,17H2/b8-3-. The van der Waals surface area contributed by atoms with Gasteiger partial charge in [-0.2, -0.15) is 0 Å². The van der Waals surface area contributed by atoms with Crippen molar-refractivity contribution in [2.75, 3.05) is 5.73 Å². The molecule has 1 aromatic rings. The molecule has 1 heteroatoms. The van der Waals surface area contributed by atoms with Crippen LogP contribution in [0.3, 0.4) is 0 Å². The van der Waals surface area contributed by atoms with Gasteiger partial charge in [0.25, 0.3) is 0 Å². The second-order valence-electron chi connectivity index (χ2n) is 4.06. The first-order valence-electron chi connectivity index (χ1n) is 5.86. The third kappa shape index (κ3) is 2.56. The summed E-state index contributed by atoms with van der Waals surface area (Å²) >= 11 is 0. The van der Waals surface area contributed by atoms with Crippen molar-refractivity contribution in [2.24, 2.45) is 0 Å². The number of para-hydroxylation sites is 1. The summed E-state index contributed by atoms with van der Waals surface area (Å²) in [6.07, 6.45) is 12.3. The highest BCUT2D eigenvalue weighted by Crippen LogP contribution is 2.32. The van der Waals surface area contributed by atoms with E-state index < -0.39 is 0 Å². The first-order valence-corrected chi connectivity index (χ1v) is 5.86. The number of rotatable bonds is 3. The van der Waals surface area contributed by atoms with Gasteiger partial charge in [-0.05, 0) is 30.1 Å². The van der Waals surface area contributed by atoms with Crippen LogP contribution in [0.4, 0.5) is 5.69 Å². The molecule has 0 amide bonds. The minimum Gasteiger partial charge on any atom is -0.398 e. The summed E-state index contributed by atoms with van der Waals surface area (Å²) in [4.78, 5) is 0. The molecule has 86 valence electrons. The Kier molecular flexibility index (Phi) is 3.61. The van der Waals surface area contributed by atoms with Gasteiger partial charge >= 0.3 is 0 Å². The van der Waals surface area contributed by atoms with Crippen molar-refractivity contribution in [2.45, 2.75) is 12.8 Å². The molecule has 0 atom stereocenters. The number of hydrogen-bond donors (Lipinski definition) is 1. The molecule has 0 aromatic heterocycles. The van der Waals surface area contributed by atoms with E-state index in [4.69, 9.17) is 5.73 Å². The third-order valence-corrected chi connectivity index (χ3v) is 2.90. The van der Waals surface area contributed by atoms with Crippen LogP contribution >= 0.6 is 0 Å². The fourth-order valence-electron chi connectivity index (χ4n) is 2.07. The van der Waals surface area contributed by atoms with Crippen LogP contribution in [-0.4, -0.2) is 0 Å². The average Bonchev–Trinajstić information content (AvgIpc) is 2.37. The molecule has 0 saturated heterocycles. The van der Waals surface area contributed by atoms with Crippen molar-refractivity contribution < 1.29 is 0 Å². The Morgan fingerprint density at radius 2 is 2.06 bits per heavy atom. The van der Waals surface area contributed by atoms with E-state index in [0.717, 1.165) is 24.1 Å². The van der Waals surface area contributed by atoms with Gasteiger partial charge in [-0.1, -0.05) is 55.2 Å². The van der Waals surface area contributed by atoms with Crippen LogP contribution in [0.1, 0.15) is 18.4 Å². The fourth-order valence-corrected chi connectivity index (χ4v) is 2.07. The molecule has 0 bridgehead atoms.